The third-order valence-electron chi connectivity index (χ3n) is 3.17. The molecule has 0 aliphatic heterocycles. The number of rotatable bonds is 5. The fourth-order valence-electron chi connectivity index (χ4n) is 2.02. The monoisotopic (exact) mass is 358 g/mol. The van der Waals surface area contributed by atoms with Gasteiger partial charge in [-0.05, 0) is 18.9 Å². The molecule has 1 aromatic heterocycles. The van der Waals surface area contributed by atoms with Crippen molar-refractivity contribution in [3.05, 3.63) is 46.5 Å². The Bertz CT molecular complexity index is 744. The Morgan fingerprint density at radius 3 is 2.38 bits per heavy atom. The van der Waals surface area contributed by atoms with E-state index in [1.807, 2.05) is 0 Å². The van der Waals surface area contributed by atoms with Crippen molar-refractivity contribution in [2.75, 3.05) is 11.4 Å². The number of alkyl halides is 3. The number of amides is 1. The number of hydrogen-bond donors (Lipinski definition) is 1. The fourth-order valence-corrected chi connectivity index (χ4v) is 2.94. The zero-order valence-electron chi connectivity index (χ0n) is 12.5. The van der Waals surface area contributed by atoms with Crippen LogP contribution in [0.4, 0.5) is 18.3 Å². The first kappa shape index (κ1) is 17.9. The first-order valence-electron chi connectivity index (χ1n) is 6.83. The quantitative estimate of drug-likeness (QED) is 0.890. The molecule has 0 aliphatic rings. The molecule has 1 amide bonds. The number of hydrogen-bond acceptors (Lipinski definition) is 4. The molecule has 2 aromatic rings. The largest absolute Gasteiger partial charge is 0.476 e. The molecule has 5 nitrogen and oxygen atoms in total. The van der Waals surface area contributed by atoms with Gasteiger partial charge >= 0.3 is 18.1 Å². The summed E-state index contributed by atoms with van der Waals surface area (Å²) in [6, 6.07) is 8.70. The molecule has 2 rings (SSSR count). The Kier molecular flexibility index (Phi) is 5.23. The molecular weight excluding hydrogens is 345 g/mol. The average molecular weight is 358 g/mol. The van der Waals surface area contributed by atoms with Crippen molar-refractivity contribution in [1.82, 2.24) is 4.98 Å². The first-order valence-corrected chi connectivity index (χ1v) is 7.65. The molecule has 9 heteroatoms. The van der Waals surface area contributed by atoms with Crippen molar-refractivity contribution in [2.45, 2.75) is 19.5 Å². The lowest BCUT2D eigenvalue weighted by Gasteiger charge is -2.21. The zero-order chi connectivity index (χ0) is 17.9. The van der Waals surface area contributed by atoms with E-state index in [0.29, 0.717) is 4.90 Å². The number of carbonyl (C=O) groups is 2. The number of nitrogens with zero attached hydrogens (tertiary/aromatic N) is 2. The average Bonchev–Trinajstić information content (AvgIpc) is 2.89. The molecule has 128 valence electrons. The maximum Gasteiger partial charge on any atom is 0.471 e. The fraction of sp³-hybridized carbons (Fsp3) is 0.267. The van der Waals surface area contributed by atoms with Crippen molar-refractivity contribution < 1.29 is 27.9 Å². The van der Waals surface area contributed by atoms with Gasteiger partial charge in [0.15, 0.2) is 10.8 Å². The van der Waals surface area contributed by atoms with E-state index in [1.54, 1.807) is 30.3 Å². The predicted molar refractivity (Wildman–Crippen MR) is 82.4 cm³/mol. The van der Waals surface area contributed by atoms with E-state index in [4.69, 9.17) is 5.11 Å². The minimum absolute atomic E-state index is 0.184. The Labute approximate surface area is 139 Å². The molecule has 1 N–H and O–H groups in total. The molecule has 0 saturated heterocycles. The lowest BCUT2D eigenvalue weighted by atomic mass is 10.1. The summed E-state index contributed by atoms with van der Waals surface area (Å²) in [5.41, 5.74) is 0.402. The molecule has 1 aromatic carbocycles. The second-order valence-electron chi connectivity index (χ2n) is 4.90. The molecule has 0 aliphatic carbocycles. The van der Waals surface area contributed by atoms with E-state index in [2.05, 4.69) is 4.98 Å². The van der Waals surface area contributed by atoms with E-state index >= 15 is 0 Å². The molecule has 0 bridgehead atoms. The van der Waals surface area contributed by atoms with Gasteiger partial charge in [0.2, 0.25) is 0 Å². The minimum atomic E-state index is -5.07. The Hall–Kier alpha value is -2.42. The number of halogens is 3. The van der Waals surface area contributed by atoms with E-state index in [0.717, 1.165) is 16.9 Å². The lowest BCUT2D eigenvalue weighted by molar-refractivity contribution is -0.170. The predicted octanol–water partition coefficient (Wildman–Crippen LogP) is 3.29. The van der Waals surface area contributed by atoms with Gasteiger partial charge in [-0.2, -0.15) is 13.2 Å². The van der Waals surface area contributed by atoms with E-state index in [1.165, 1.54) is 6.92 Å². The summed E-state index contributed by atoms with van der Waals surface area (Å²) >= 11 is 0.744. The van der Waals surface area contributed by atoms with Crippen LogP contribution in [0, 0.1) is 6.92 Å². The van der Waals surface area contributed by atoms with Gasteiger partial charge in [-0.1, -0.05) is 30.3 Å². The van der Waals surface area contributed by atoms with Crippen LogP contribution in [0.15, 0.2) is 30.3 Å². The number of thiazole rings is 1. The van der Waals surface area contributed by atoms with Crippen molar-refractivity contribution >= 4 is 28.3 Å². The summed E-state index contributed by atoms with van der Waals surface area (Å²) in [6.45, 7) is 1.17. The smallest absolute Gasteiger partial charge is 0.471 e. The number of aromatic carboxylic acids is 1. The maximum atomic E-state index is 12.8. The molecule has 0 fully saturated rings. The summed E-state index contributed by atoms with van der Waals surface area (Å²) in [4.78, 5) is 27.1. The lowest BCUT2D eigenvalue weighted by Crippen LogP contribution is -2.42. The molecule has 24 heavy (non-hydrogen) atoms. The minimum Gasteiger partial charge on any atom is -0.476 e. The van der Waals surface area contributed by atoms with E-state index in [-0.39, 0.29) is 28.7 Å². The molecule has 0 radical (unpaired) electrons. The normalized spacial score (nSPS) is 11.3. The molecular formula is C15H13F3N2O3S. The summed E-state index contributed by atoms with van der Waals surface area (Å²) < 4.78 is 38.5. The molecule has 0 atom stereocenters. The van der Waals surface area contributed by atoms with Crippen LogP contribution in [0.5, 0.6) is 0 Å². The molecule has 0 spiro atoms. The van der Waals surface area contributed by atoms with Crippen LogP contribution in [-0.4, -0.2) is 34.7 Å². The number of aryl methyl sites for hydroxylation is 1. The number of carboxylic acid groups (broad SMARTS) is 1. The number of carbonyl (C=O) groups excluding carboxylic acids is 1. The van der Waals surface area contributed by atoms with Crippen LogP contribution in [-0.2, 0) is 11.2 Å². The van der Waals surface area contributed by atoms with Gasteiger partial charge in [0.1, 0.15) is 0 Å². The highest BCUT2D eigenvalue weighted by atomic mass is 32.1. The van der Waals surface area contributed by atoms with Crippen LogP contribution in [0.1, 0.15) is 20.9 Å². The van der Waals surface area contributed by atoms with E-state index in [9.17, 15) is 22.8 Å². The number of anilines is 1. The van der Waals surface area contributed by atoms with Crippen LogP contribution in [0.2, 0.25) is 0 Å². The van der Waals surface area contributed by atoms with Gasteiger partial charge < -0.3 is 5.11 Å². The third-order valence-corrected chi connectivity index (χ3v) is 4.17. The summed E-state index contributed by atoms with van der Waals surface area (Å²) in [5.74, 6) is -3.42. The number of aromatic nitrogens is 1. The second kappa shape index (κ2) is 7.00. The molecule has 0 unspecified atom stereocenters. The highest BCUT2D eigenvalue weighted by molar-refractivity contribution is 7.16. The van der Waals surface area contributed by atoms with Crippen LogP contribution < -0.4 is 4.90 Å². The SMILES string of the molecule is Cc1sc(N(CCc2ccccc2)C(=O)C(F)(F)F)nc1C(=O)O. The van der Waals surface area contributed by atoms with Gasteiger partial charge in [-0.15, -0.1) is 11.3 Å². The van der Waals surface area contributed by atoms with Gasteiger partial charge in [-0.25, -0.2) is 9.78 Å². The van der Waals surface area contributed by atoms with Crippen molar-refractivity contribution in [3.63, 3.8) is 0 Å². The van der Waals surface area contributed by atoms with Crippen LogP contribution in [0.25, 0.3) is 0 Å². The van der Waals surface area contributed by atoms with Gasteiger partial charge in [-0.3, -0.25) is 9.69 Å². The second-order valence-corrected chi connectivity index (χ2v) is 6.08. The first-order chi connectivity index (χ1) is 11.2. The molecule has 1 heterocycles. The van der Waals surface area contributed by atoms with Gasteiger partial charge in [0.05, 0.1) is 0 Å². The Morgan fingerprint density at radius 1 is 1.25 bits per heavy atom. The van der Waals surface area contributed by atoms with Gasteiger partial charge in [0.25, 0.3) is 0 Å². The summed E-state index contributed by atoms with van der Waals surface area (Å²) in [7, 11) is 0. The van der Waals surface area contributed by atoms with Crippen molar-refractivity contribution in [2.24, 2.45) is 0 Å². The highest BCUT2D eigenvalue weighted by Gasteiger charge is 2.44. The van der Waals surface area contributed by atoms with Crippen LogP contribution >= 0.6 is 11.3 Å². The Balaban J connectivity index is 2.31. The Morgan fingerprint density at radius 2 is 1.88 bits per heavy atom. The standard InChI is InChI=1S/C15H13F3N2O3S/c1-9-11(12(21)22)19-14(24-9)20(13(23)15(16,17)18)8-7-10-5-3-2-4-6-10/h2-6H,7-8H2,1H3,(H,21,22). The van der Waals surface area contributed by atoms with Crippen molar-refractivity contribution in [3.8, 4) is 0 Å². The third kappa shape index (κ3) is 4.10. The summed E-state index contributed by atoms with van der Waals surface area (Å²) in [6.07, 6.45) is -4.89. The molecule has 0 saturated carbocycles. The number of carboxylic acids is 1. The topological polar surface area (TPSA) is 70.5 Å². The number of benzene rings is 1. The zero-order valence-corrected chi connectivity index (χ0v) is 13.3. The van der Waals surface area contributed by atoms with E-state index < -0.39 is 18.1 Å². The summed E-state index contributed by atoms with van der Waals surface area (Å²) in [5, 5.41) is 8.71. The van der Waals surface area contributed by atoms with Crippen LogP contribution in [0.3, 0.4) is 0 Å². The highest BCUT2D eigenvalue weighted by Crippen LogP contribution is 2.29. The van der Waals surface area contributed by atoms with Gasteiger partial charge in [0, 0.05) is 11.4 Å². The maximum absolute atomic E-state index is 12.8. The van der Waals surface area contributed by atoms with Crippen molar-refractivity contribution in [1.29, 1.82) is 0 Å².